The van der Waals surface area contributed by atoms with Gasteiger partial charge in [-0.2, -0.15) is 0 Å². The van der Waals surface area contributed by atoms with Gasteiger partial charge in [0, 0.05) is 12.3 Å². The fourth-order valence-corrected chi connectivity index (χ4v) is 2.36. The van der Waals surface area contributed by atoms with Crippen LogP contribution in [0.4, 0.5) is 0 Å². The maximum Gasteiger partial charge on any atom is 0.244 e. The molecule has 0 bridgehead atoms. The number of pyridine rings is 1. The van der Waals surface area contributed by atoms with Gasteiger partial charge in [0.05, 0.1) is 12.2 Å². The lowest BCUT2D eigenvalue weighted by molar-refractivity contribution is -0.116. The number of amides is 1. The van der Waals surface area contributed by atoms with Crippen LogP contribution in [0.2, 0.25) is 0 Å². The van der Waals surface area contributed by atoms with E-state index in [1.807, 2.05) is 72.8 Å². The van der Waals surface area contributed by atoms with Crippen LogP contribution in [-0.4, -0.2) is 10.9 Å². The molecule has 0 saturated heterocycles. The van der Waals surface area contributed by atoms with Crippen molar-refractivity contribution in [2.24, 2.45) is 0 Å². The lowest BCUT2D eigenvalue weighted by Gasteiger charge is -2.07. The van der Waals surface area contributed by atoms with Crippen LogP contribution in [0.5, 0.6) is 5.75 Å². The Morgan fingerprint density at radius 1 is 1.00 bits per heavy atom. The Labute approximate surface area is 153 Å². The number of hydrogen-bond donors (Lipinski definition) is 1. The lowest BCUT2D eigenvalue weighted by atomic mass is 10.2. The largest absolute Gasteiger partial charge is 0.489 e. The van der Waals surface area contributed by atoms with Gasteiger partial charge in [0.25, 0.3) is 0 Å². The second-order valence-corrected chi connectivity index (χ2v) is 5.72. The molecule has 0 fully saturated rings. The second-order valence-electron chi connectivity index (χ2n) is 5.72. The van der Waals surface area contributed by atoms with Crippen LogP contribution in [-0.2, 0) is 17.9 Å². The van der Waals surface area contributed by atoms with Gasteiger partial charge in [0.2, 0.25) is 5.91 Å². The molecule has 0 atom stereocenters. The zero-order valence-electron chi connectivity index (χ0n) is 14.3. The highest BCUT2D eigenvalue weighted by molar-refractivity contribution is 5.91. The maximum absolute atomic E-state index is 11.9. The smallest absolute Gasteiger partial charge is 0.244 e. The third-order valence-electron chi connectivity index (χ3n) is 3.70. The summed E-state index contributed by atoms with van der Waals surface area (Å²) in [5.41, 5.74) is 2.84. The quantitative estimate of drug-likeness (QED) is 0.659. The highest BCUT2D eigenvalue weighted by atomic mass is 16.5. The van der Waals surface area contributed by atoms with Crippen LogP contribution in [0, 0.1) is 0 Å². The van der Waals surface area contributed by atoms with Crippen LogP contribution in [0.3, 0.4) is 0 Å². The Kier molecular flexibility index (Phi) is 6.15. The molecule has 3 aromatic rings. The van der Waals surface area contributed by atoms with Crippen molar-refractivity contribution in [1.82, 2.24) is 10.3 Å². The average Bonchev–Trinajstić information content (AvgIpc) is 2.71. The summed E-state index contributed by atoms with van der Waals surface area (Å²) >= 11 is 0. The van der Waals surface area contributed by atoms with E-state index < -0.39 is 0 Å². The van der Waals surface area contributed by atoms with Crippen molar-refractivity contribution in [3.05, 3.63) is 102 Å². The molecule has 0 aliphatic heterocycles. The third-order valence-corrected chi connectivity index (χ3v) is 3.70. The number of carbonyl (C=O) groups excluding carboxylic acids is 1. The number of benzene rings is 2. The van der Waals surface area contributed by atoms with Crippen LogP contribution in [0.25, 0.3) is 6.08 Å². The molecule has 3 rings (SSSR count). The Morgan fingerprint density at radius 2 is 1.85 bits per heavy atom. The van der Waals surface area contributed by atoms with Gasteiger partial charge < -0.3 is 10.1 Å². The molecule has 0 radical (unpaired) electrons. The van der Waals surface area contributed by atoms with Crippen molar-refractivity contribution in [3.8, 4) is 5.75 Å². The van der Waals surface area contributed by atoms with Gasteiger partial charge in [0.15, 0.2) is 0 Å². The second kappa shape index (κ2) is 9.18. The molecule has 26 heavy (non-hydrogen) atoms. The number of nitrogens with one attached hydrogen (secondary N) is 1. The Morgan fingerprint density at radius 3 is 2.65 bits per heavy atom. The van der Waals surface area contributed by atoms with E-state index in [1.165, 1.54) is 6.08 Å². The van der Waals surface area contributed by atoms with Gasteiger partial charge in [0.1, 0.15) is 12.4 Å². The summed E-state index contributed by atoms with van der Waals surface area (Å²) < 4.78 is 5.80. The van der Waals surface area contributed by atoms with Crippen LogP contribution in [0.1, 0.15) is 16.8 Å². The number of carbonyl (C=O) groups is 1. The first-order valence-corrected chi connectivity index (χ1v) is 8.42. The summed E-state index contributed by atoms with van der Waals surface area (Å²) in [7, 11) is 0. The van der Waals surface area contributed by atoms with Crippen molar-refractivity contribution >= 4 is 12.0 Å². The minimum atomic E-state index is -0.161. The fourth-order valence-electron chi connectivity index (χ4n) is 2.36. The lowest BCUT2D eigenvalue weighted by Crippen LogP contribution is -2.20. The van der Waals surface area contributed by atoms with Crippen molar-refractivity contribution in [3.63, 3.8) is 0 Å². The molecule has 0 saturated carbocycles. The highest BCUT2D eigenvalue weighted by Gasteiger charge is 1.99. The van der Waals surface area contributed by atoms with E-state index in [0.717, 1.165) is 22.6 Å². The van der Waals surface area contributed by atoms with Gasteiger partial charge in [-0.15, -0.1) is 0 Å². The number of rotatable bonds is 7. The highest BCUT2D eigenvalue weighted by Crippen LogP contribution is 2.16. The standard InChI is InChI=1S/C22H20N2O2/c25-22(24-16-20-10-4-5-14-23-20)13-12-18-9-6-11-21(15-18)26-17-19-7-2-1-3-8-19/h1-15H,16-17H2,(H,24,25)/b13-12+. The van der Waals surface area contributed by atoms with E-state index >= 15 is 0 Å². The molecular formula is C22H20N2O2. The first kappa shape index (κ1) is 17.4. The zero-order valence-corrected chi connectivity index (χ0v) is 14.3. The van der Waals surface area contributed by atoms with E-state index in [0.29, 0.717) is 13.2 Å². The molecule has 130 valence electrons. The maximum atomic E-state index is 11.9. The normalized spacial score (nSPS) is 10.6. The number of ether oxygens (including phenoxy) is 1. The summed E-state index contributed by atoms with van der Waals surface area (Å²) in [6.45, 7) is 0.919. The first-order valence-electron chi connectivity index (χ1n) is 8.42. The van der Waals surface area contributed by atoms with Crippen molar-refractivity contribution in [2.75, 3.05) is 0 Å². The number of nitrogens with zero attached hydrogens (tertiary/aromatic N) is 1. The van der Waals surface area contributed by atoms with Gasteiger partial charge in [-0.25, -0.2) is 0 Å². The summed E-state index contributed by atoms with van der Waals surface area (Å²) in [4.78, 5) is 16.1. The molecule has 1 aromatic heterocycles. The van der Waals surface area contributed by atoms with E-state index in [9.17, 15) is 4.79 Å². The summed E-state index contributed by atoms with van der Waals surface area (Å²) in [6.07, 6.45) is 4.99. The molecular weight excluding hydrogens is 324 g/mol. The Hall–Kier alpha value is -3.40. The topological polar surface area (TPSA) is 51.2 Å². The van der Waals surface area contributed by atoms with Gasteiger partial charge in [-0.3, -0.25) is 9.78 Å². The first-order chi connectivity index (χ1) is 12.8. The van der Waals surface area contributed by atoms with Gasteiger partial charge >= 0.3 is 0 Å². The summed E-state index contributed by atoms with van der Waals surface area (Å²) in [5.74, 6) is 0.608. The van der Waals surface area contributed by atoms with Crippen molar-refractivity contribution in [1.29, 1.82) is 0 Å². The zero-order chi connectivity index (χ0) is 18.0. The Balaban J connectivity index is 1.52. The van der Waals surface area contributed by atoms with E-state index in [1.54, 1.807) is 12.3 Å². The van der Waals surface area contributed by atoms with Gasteiger partial charge in [-0.05, 0) is 41.5 Å². The summed E-state index contributed by atoms with van der Waals surface area (Å²) in [6, 6.07) is 23.3. The van der Waals surface area contributed by atoms with Crippen molar-refractivity contribution < 1.29 is 9.53 Å². The summed E-state index contributed by atoms with van der Waals surface area (Å²) in [5, 5.41) is 2.81. The molecule has 1 amide bonds. The molecule has 1 heterocycles. The van der Waals surface area contributed by atoms with E-state index in [-0.39, 0.29) is 5.91 Å². The van der Waals surface area contributed by atoms with Gasteiger partial charge in [-0.1, -0.05) is 48.5 Å². The predicted octanol–water partition coefficient (Wildman–Crippen LogP) is 3.99. The molecule has 2 aromatic carbocycles. The number of hydrogen-bond acceptors (Lipinski definition) is 3. The SMILES string of the molecule is O=C(/C=C/c1cccc(OCc2ccccc2)c1)NCc1ccccn1. The van der Waals surface area contributed by atoms with Crippen LogP contribution in [0.15, 0.2) is 85.1 Å². The molecule has 0 spiro atoms. The monoisotopic (exact) mass is 344 g/mol. The molecule has 0 aliphatic rings. The predicted molar refractivity (Wildman–Crippen MR) is 102 cm³/mol. The minimum absolute atomic E-state index is 0.161. The molecule has 0 unspecified atom stereocenters. The molecule has 4 heteroatoms. The minimum Gasteiger partial charge on any atom is -0.489 e. The van der Waals surface area contributed by atoms with Crippen molar-refractivity contribution in [2.45, 2.75) is 13.2 Å². The third kappa shape index (κ3) is 5.60. The van der Waals surface area contributed by atoms with E-state index in [2.05, 4.69) is 10.3 Å². The Bertz CT molecular complexity index is 862. The molecule has 0 aliphatic carbocycles. The molecule has 4 nitrogen and oxygen atoms in total. The van der Waals surface area contributed by atoms with Crippen LogP contribution < -0.4 is 10.1 Å². The fraction of sp³-hybridized carbons (Fsp3) is 0.0909. The van der Waals surface area contributed by atoms with E-state index in [4.69, 9.17) is 4.74 Å². The van der Waals surface area contributed by atoms with Crippen LogP contribution >= 0.6 is 0 Å². The number of aromatic nitrogens is 1. The average molecular weight is 344 g/mol. The molecule has 1 N–H and O–H groups in total.